The molecule has 20 heavy (non-hydrogen) atoms. The zero-order chi connectivity index (χ0) is 14.2. The van der Waals surface area contributed by atoms with E-state index in [4.69, 9.17) is 0 Å². The smallest absolute Gasteiger partial charge is 0.266 e. The number of nitro benzene ring substituents is 1. The van der Waals surface area contributed by atoms with Gasteiger partial charge in [0.1, 0.15) is 0 Å². The summed E-state index contributed by atoms with van der Waals surface area (Å²) in [5.41, 5.74) is 2.75. The van der Waals surface area contributed by atoms with E-state index >= 15 is 0 Å². The molecule has 1 aliphatic carbocycles. The first-order chi connectivity index (χ1) is 9.61. The Morgan fingerprint density at radius 1 is 1.20 bits per heavy atom. The van der Waals surface area contributed by atoms with E-state index in [0.29, 0.717) is 5.69 Å². The van der Waals surface area contributed by atoms with Gasteiger partial charge in [-0.3, -0.25) is 14.9 Å². The van der Waals surface area contributed by atoms with Crippen molar-refractivity contribution < 1.29 is 14.5 Å². The van der Waals surface area contributed by atoms with E-state index in [9.17, 15) is 14.9 Å². The van der Waals surface area contributed by atoms with Crippen LogP contribution in [0.1, 0.15) is 32.1 Å². The number of rotatable bonds is 2. The predicted octanol–water partition coefficient (Wildman–Crippen LogP) is 2.44. The van der Waals surface area contributed by atoms with Crippen molar-refractivity contribution in [2.75, 3.05) is 0 Å². The second-order valence-electron chi connectivity index (χ2n) is 5.22. The number of nitrogens with one attached hydrogen (secondary N) is 1. The minimum absolute atomic E-state index is 0.0200. The Hall–Kier alpha value is -2.31. The first-order valence-corrected chi connectivity index (χ1v) is 6.69. The molecule has 1 N–H and O–H groups in total. The van der Waals surface area contributed by atoms with Crippen LogP contribution in [0, 0.1) is 10.1 Å². The summed E-state index contributed by atoms with van der Waals surface area (Å²) in [7, 11) is 0. The summed E-state index contributed by atoms with van der Waals surface area (Å²) in [5.74, 6) is -0.0736. The van der Waals surface area contributed by atoms with Crippen molar-refractivity contribution in [2.24, 2.45) is 5.11 Å². The number of hydrazine groups is 1. The molecule has 0 radical (unpaired) electrons. The zero-order valence-corrected chi connectivity index (χ0v) is 10.9. The molecule has 104 valence electrons. The molecule has 0 saturated heterocycles. The lowest BCUT2D eigenvalue weighted by molar-refractivity contribution is -0.552. The van der Waals surface area contributed by atoms with Gasteiger partial charge in [-0.2, -0.15) is 0 Å². The molecule has 1 aromatic carbocycles. The lowest BCUT2D eigenvalue weighted by Crippen LogP contribution is -2.41. The first kappa shape index (κ1) is 12.7. The fourth-order valence-electron chi connectivity index (χ4n) is 2.76. The van der Waals surface area contributed by atoms with Crippen LogP contribution in [0.2, 0.25) is 0 Å². The molecular formula is C13H15N4O3+. The Morgan fingerprint density at radius 2 is 1.85 bits per heavy atom. The second-order valence-corrected chi connectivity index (χ2v) is 5.22. The summed E-state index contributed by atoms with van der Waals surface area (Å²) in [6.45, 7) is 0. The number of nitro groups is 1. The third-order valence-electron chi connectivity index (χ3n) is 3.91. The van der Waals surface area contributed by atoms with Crippen molar-refractivity contribution in [2.45, 2.75) is 37.6 Å². The van der Waals surface area contributed by atoms with Crippen molar-refractivity contribution in [3.05, 3.63) is 34.4 Å². The van der Waals surface area contributed by atoms with Gasteiger partial charge in [-0.05, 0) is 12.8 Å². The van der Waals surface area contributed by atoms with E-state index < -0.39 is 10.5 Å². The van der Waals surface area contributed by atoms with Gasteiger partial charge in [0.15, 0.2) is 0 Å². The summed E-state index contributed by atoms with van der Waals surface area (Å²) < 4.78 is 0. The highest BCUT2D eigenvalue weighted by Crippen LogP contribution is 2.35. The van der Waals surface area contributed by atoms with Crippen LogP contribution in [-0.4, -0.2) is 21.2 Å². The molecule has 3 rings (SSSR count). The minimum atomic E-state index is -0.639. The number of hydrogen-bond donors (Lipinski definition) is 1. The number of hydrogen-bond acceptors (Lipinski definition) is 4. The number of non-ortho nitro benzene ring substituents is 1. The molecule has 1 aromatic rings. The number of benzene rings is 1. The Labute approximate surface area is 115 Å². The number of azo groups is 1. The van der Waals surface area contributed by atoms with Crippen LogP contribution in [0.25, 0.3) is 0 Å². The van der Waals surface area contributed by atoms with Crippen molar-refractivity contribution in [1.29, 1.82) is 0 Å². The van der Waals surface area contributed by atoms with Crippen LogP contribution >= 0.6 is 0 Å². The molecule has 0 bridgehead atoms. The molecule has 0 unspecified atom stereocenters. The van der Waals surface area contributed by atoms with Crippen molar-refractivity contribution in [3.8, 4) is 0 Å². The van der Waals surface area contributed by atoms with Crippen LogP contribution < -0.4 is 5.43 Å². The van der Waals surface area contributed by atoms with Crippen LogP contribution in [-0.2, 0) is 4.79 Å². The fourth-order valence-corrected chi connectivity index (χ4v) is 2.76. The highest BCUT2D eigenvalue weighted by atomic mass is 16.6. The second kappa shape index (κ2) is 4.66. The van der Waals surface area contributed by atoms with Gasteiger partial charge >= 0.3 is 5.91 Å². The molecular weight excluding hydrogens is 260 g/mol. The lowest BCUT2D eigenvalue weighted by atomic mass is 9.82. The molecule has 1 fully saturated rings. The van der Waals surface area contributed by atoms with E-state index in [0.717, 1.165) is 32.1 Å². The molecule has 1 saturated carbocycles. The highest BCUT2D eigenvalue weighted by molar-refractivity contribution is 5.86. The summed E-state index contributed by atoms with van der Waals surface area (Å²) in [6.07, 6.45) is 4.68. The van der Waals surface area contributed by atoms with E-state index in [1.54, 1.807) is 12.1 Å². The molecule has 2 aliphatic rings. The third kappa shape index (κ3) is 2.04. The summed E-state index contributed by atoms with van der Waals surface area (Å²) in [5, 5.41) is 15.1. The number of carbonyl (C=O) groups is 1. The zero-order valence-electron chi connectivity index (χ0n) is 10.9. The fraction of sp³-hybridized carbons (Fsp3) is 0.462. The molecule has 7 heteroatoms. The molecule has 1 aliphatic heterocycles. The van der Waals surface area contributed by atoms with Gasteiger partial charge in [-0.1, -0.05) is 24.7 Å². The molecule has 0 atom stereocenters. The molecule has 0 aromatic heterocycles. The monoisotopic (exact) mass is 275 g/mol. The maximum atomic E-state index is 12.2. The van der Waals surface area contributed by atoms with Crippen LogP contribution in [0.15, 0.2) is 29.4 Å². The molecule has 1 spiro atoms. The van der Waals surface area contributed by atoms with Gasteiger partial charge in [0.05, 0.1) is 4.92 Å². The van der Waals surface area contributed by atoms with E-state index in [-0.39, 0.29) is 11.6 Å². The van der Waals surface area contributed by atoms with E-state index in [1.807, 2.05) is 0 Å². The van der Waals surface area contributed by atoms with Gasteiger partial charge in [0.2, 0.25) is 5.54 Å². The highest BCUT2D eigenvalue weighted by Gasteiger charge is 2.50. The van der Waals surface area contributed by atoms with Crippen molar-refractivity contribution in [3.63, 3.8) is 0 Å². The average molecular weight is 275 g/mol. The van der Waals surface area contributed by atoms with Gasteiger partial charge in [0.25, 0.3) is 11.4 Å². The van der Waals surface area contributed by atoms with E-state index in [2.05, 4.69) is 10.5 Å². The number of nitrogens with zero attached hydrogens (tertiary/aromatic N) is 3. The quantitative estimate of drug-likeness (QED) is 0.511. The Morgan fingerprint density at radius 3 is 2.45 bits per heavy atom. The van der Waals surface area contributed by atoms with Gasteiger partial charge in [-0.15, -0.1) is 0 Å². The Bertz CT molecular complexity index is 588. The maximum absolute atomic E-state index is 12.2. The van der Waals surface area contributed by atoms with Crippen LogP contribution in [0.4, 0.5) is 11.4 Å². The molecule has 1 heterocycles. The standard InChI is InChI=1S/C13H14N4O3/c18-12-13(8-2-1-3-9-13)15-16(14-12)10-4-6-11(7-5-10)17(19)20/h4-7H,1-3,8-9H2/p+1. The van der Waals surface area contributed by atoms with Crippen molar-refractivity contribution in [1.82, 2.24) is 5.43 Å². The summed E-state index contributed by atoms with van der Waals surface area (Å²) >= 11 is 0. The number of carbonyl (C=O) groups excluding carboxylic acids is 1. The van der Waals surface area contributed by atoms with Crippen LogP contribution in [0.3, 0.4) is 0 Å². The predicted molar refractivity (Wildman–Crippen MR) is 69.4 cm³/mol. The topological polar surface area (TPSA) is 87.6 Å². The largest absolute Gasteiger partial charge is 0.311 e. The Kier molecular flexibility index (Phi) is 2.96. The van der Waals surface area contributed by atoms with Crippen molar-refractivity contribution >= 4 is 17.3 Å². The lowest BCUT2D eigenvalue weighted by Gasteiger charge is -2.22. The summed E-state index contributed by atoms with van der Waals surface area (Å²) in [4.78, 5) is 23.8. The minimum Gasteiger partial charge on any atom is -0.266 e. The van der Waals surface area contributed by atoms with Crippen LogP contribution in [0.5, 0.6) is 0 Å². The summed E-state index contributed by atoms with van der Waals surface area (Å²) in [6, 6.07) is 5.99. The van der Waals surface area contributed by atoms with Gasteiger partial charge in [-0.25, -0.2) is 0 Å². The Balaban J connectivity index is 1.89. The number of amides is 1. The van der Waals surface area contributed by atoms with Gasteiger partial charge < -0.3 is 0 Å². The SMILES string of the molecule is O=C1N[N+](c2ccc([N+](=O)[O-])cc2)=NC12CCCCC2. The maximum Gasteiger partial charge on any atom is 0.311 e. The molecule has 7 nitrogen and oxygen atoms in total. The first-order valence-electron chi connectivity index (χ1n) is 6.69. The van der Waals surface area contributed by atoms with E-state index in [1.165, 1.54) is 16.9 Å². The third-order valence-corrected chi connectivity index (χ3v) is 3.91. The van der Waals surface area contributed by atoms with Gasteiger partial charge in [0, 0.05) is 34.2 Å². The molecule has 1 amide bonds. The average Bonchev–Trinajstić information content (AvgIpc) is 2.77. The normalized spacial score (nSPS) is 20.6.